The highest BCUT2D eigenvalue weighted by Crippen LogP contribution is 2.54. The fraction of sp³-hybridized carbons (Fsp3) is 0.591. The Balaban J connectivity index is 1.19. The van der Waals surface area contributed by atoms with Crippen molar-refractivity contribution in [3.8, 4) is 0 Å². The van der Waals surface area contributed by atoms with Crippen LogP contribution in [0.25, 0.3) is 6.08 Å². The monoisotopic (exact) mass is 370 g/mol. The molecule has 2 bridgehead atoms. The molecule has 1 amide bonds. The van der Waals surface area contributed by atoms with Crippen LogP contribution in [0.4, 0.5) is 4.39 Å². The molecule has 1 aliphatic carbocycles. The summed E-state index contributed by atoms with van der Waals surface area (Å²) in [5.74, 6) is 1.29. The first-order chi connectivity index (χ1) is 13.1. The van der Waals surface area contributed by atoms with Crippen LogP contribution >= 0.6 is 0 Å². The Kier molecular flexibility index (Phi) is 4.32. The third-order valence-electron chi connectivity index (χ3n) is 6.86. The second kappa shape index (κ2) is 6.71. The average Bonchev–Trinajstić information content (AvgIpc) is 3.26. The molecule has 1 N–H and O–H groups in total. The minimum absolute atomic E-state index is 0.00333. The Morgan fingerprint density at radius 2 is 2.11 bits per heavy atom. The van der Waals surface area contributed by atoms with E-state index in [1.54, 1.807) is 12.1 Å². The molecule has 3 saturated heterocycles. The number of likely N-dealkylation sites (tertiary alicyclic amines) is 1. The van der Waals surface area contributed by atoms with E-state index in [9.17, 15) is 9.18 Å². The molecule has 1 aromatic carbocycles. The first kappa shape index (κ1) is 17.4. The average molecular weight is 370 g/mol. The molecular weight excluding hydrogens is 343 g/mol. The smallest absolute Gasteiger partial charge is 0.223 e. The SMILES string of the molecule is O=C(NC[C@H]1[C@H]2CN(C/C=C/c3ccc(F)cc3)C[C@]23CC[C@H]1O3)C1CC1. The zero-order valence-electron chi connectivity index (χ0n) is 15.6. The molecule has 27 heavy (non-hydrogen) atoms. The van der Waals surface area contributed by atoms with E-state index in [4.69, 9.17) is 4.74 Å². The first-order valence-corrected chi connectivity index (χ1v) is 10.2. The maximum Gasteiger partial charge on any atom is 0.223 e. The second-order valence-electron chi connectivity index (χ2n) is 8.70. The molecular formula is C22H27FN2O2. The minimum Gasteiger partial charge on any atom is -0.370 e. The van der Waals surface area contributed by atoms with E-state index in [0.29, 0.717) is 17.9 Å². The van der Waals surface area contributed by atoms with Crippen LogP contribution in [0, 0.1) is 23.6 Å². The number of benzene rings is 1. The number of nitrogens with zero attached hydrogens (tertiary/aromatic N) is 1. The molecule has 1 saturated carbocycles. The molecule has 4 atom stereocenters. The van der Waals surface area contributed by atoms with Crippen molar-refractivity contribution in [1.29, 1.82) is 0 Å². The van der Waals surface area contributed by atoms with Gasteiger partial charge in [0, 0.05) is 43.9 Å². The Hall–Kier alpha value is -1.72. The summed E-state index contributed by atoms with van der Waals surface area (Å²) >= 11 is 0. The molecule has 0 radical (unpaired) electrons. The standard InChI is InChI=1S/C22H27FN2O2/c23-17-7-3-15(4-8-17)2-1-11-25-13-19-18(12-24-21(26)16-5-6-16)20-9-10-22(19,14-25)27-20/h1-4,7-8,16,18-20H,5-6,9-14H2,(H,24,26)/b2-1+/t18-,19+,20+,22+/m0/s1. The van der Waals surface area contributed by atoms with Crippen molar-refractivity contribution in [3.63, 3.8) is 0 Å². The van der Waals surface area contributed by atoms with E-state index in [1.807, 2.05) is 0 Å². The number of carbonyl (C=O) groups excluding carboxylic acids is 1. The van der Waals surface area contributed by atoms with Crippen molar-refractivity contribution in [3.05, 3.63) is 41.7 Å². The molecule has 1 spiro atoms. The molecule has 5 rings (SSSR count). The van der Waals surface area contributed by atoms with Crippen molar-refractivity contribution in [2.75, 3.05) is 26.2 Å². The van der Waals surface area contributed by atoms with E-state index >= 15 is 0 Å². The maximum absolute atomic E-state index is 13.0. The molecule has 4 aliphatic rings. The Morgan fingerprint density at radius 3 is 2.89 bits per heavy atom. The van der Waals surface area contributed by atoms with Crippen molar-refractivity contribution < 1.29 is 13.9 Å². The number of carbonyl (C=O) groups is 1. The number of nitrogens with one attached hydrogen (secondary N) is 1. The summed E-state index contributed by atoms with van der Waals surface area (Å²) < 4.78 is 19.4. The Labute approximate surface area is 159 Å². The molecule has 3 aliphatic heterocycles. The van der Waals surface area contributed by atoms with Gasteiger partial charge in [-0.25, -0.2) is 4.39 Å². The van der Waals surface area contributed by atoms with E-state index in [2.05, 4.69) is 22.4 Å². The Morgan fingerprint density at radius 1 is 1.30 bits per heavy atom. The second-order valence-corrected chi connectivity index (χ2v) is 8.70. The topological polar surface area (TPSA) is 41.6 Å². The molecule has 0 unspecified atom stereocenters. The Bertz CT molecular complexity index is 745. The molecule has 3 heterocycles. The fourth-order valence-electron chi connectivity index (χ4n) is 5.32. The van der Waals surface area contributed by atoms with Crippen molar-refractivity contribution in [2.45, 2.75) is 37.4 Å². The van der Waals surface area contributed by atoms with Gasteiger partial charge >= 0.3 is 0 Å². The summed E-state index contributed by atoms with van der Waals surface area (Å²) in [6.45, 7) is 3.67. The zero-order chi connectivity index (χ0) is 18.4. The van der Waals surface area contributed by atoms with Gasteiger partial charge in [-0.1, -0.05) is 24.3 Å². The van der Waals surface area contributed by atoms with Crippen molar-refractivity contribution in [2.24, 2.45) is 17.8 Å². The van der Waals surface area contributed by atoms with Crippen LogP contribution in [-0.4, -0.2) is 48.7 Å². The first-order valence-electron chi connectivity index (χ1n) is 10.2. The molecule has 1 aromatic rings. The molecule has 5 heteroatoms. The van der Waals surface area contributed by atoms with Gasteiger partial charge in [0.2, 0.25) is 5.91 Å². The summed E-state index contributed by atoms with van der Waals surface area (Å²) in [7, 11) is 0. The molecule has 144 valence electrons. The number of halogens is 1. The predicted molar refractivity (Wildman–Crippen MR) is 101 cm³/mol. The van der Waals surface area contributed by atoms with Crippen molar-refractivity contribution in [1.82, 2.24) is 10.2 Å². The maximum atomic E-state index is 13.0. The van der Waals surface area contributed by atoms with Crippen LogP contribution in [0.1, 0.15) is 31.2 Å². The highest BCUT2D eigenvalue weighted by Gasteiger charge is 2.62. The lowest BCUT2D eigenvalue weighted by atomic mass is 9.73. The van der Waals surface area contributed by atoms with Crippen LogP contribution in [0.2, 0.25) is 0 Å². The van der Waals surface area contributed by atoms with E-state index < -0.39 is 0 Å². The van der Waals surface area contributed by atoms with E-state index in [-0.39, 0.29) is 23.2 Å². The lowest BCUT2D eigenvalue weighted by Gasteiger charge is -2.29. The van der Waals surface area contributed by atoms with Crippen LogP contribution in [0.5, 0.6) is 0 Å². The van der Waals surface area contributed by atoms with Gasteiger partial charge in [0.05, 0.1) is 11.7 Å². The molecule has 4 fully saturated rings. The number of ether oxygens (including phenoxy) is 1. The number of amides is 1. The third kappa shape index (κ3) is 3.32. The van der Waals surface area contributed by atoms with Crippen LogP contribution in [-0.2, 0) is 9.53 Å². The van der Waals surface area contributed by atoms with E-state index in [1.165, 1.54) is 12.1 Å². The lowest BCUT2D eigenvalue weighted by Crippen LogP contribution is -2.42. The summed E-state index contributed by atoms with van der Waals surface area (Å²) in [4.78, 5) is 14.5. The lowest BCUT2D eigenvalue weighted by molar-refractivity contribution is -0.122. The van der Waals surface area contributed by atoms with Crippen LogP contribution < -0.4 is 5.32 Å². The summed E-state index contributed by atoms with van der Waals surface area (Å²) in [5.41, 5.74) is 1.02. The third-order valence-corrected chi connectivity index (χ3v) is 6.86. The normalized spacial score (nSPS) is 35.1. The van der Waals surface area contributed by atoms with Gasteiger partial charge in [0.15, 0.2) is 0 Å². The number of hydrogen-bond acceptors (Lipinski definition) is 3. The van der Waals surface area contributed by atoms with E-state index in [0.717, 1.165) is 57.4 Å². The quantitative estimate of drug-likeness (QED) is 0.837. The fourth-order valence-corrected chi connectivity index (χ4v) is 5.32. The summed E-state index contributed by atoms with van der Waals surface area (Å²) in [6.07, 6.45) is 8.91. The summed E-state index contributed by atoms with van der Waals surface area (Å²) in [6, 6.07) is 6.58. The van der Waals surface area contributed by atoms with Gasteiger partial charge in [-0.3, -0.25) is 9.69 Å². The zero-order valence-corrected chi connectivity index (χ0v) is 15.6. The molecule has 0 aromatic heterocycles. The van der Waals surface area contributed by atoms with Crippen LogP contribution in [0.3, 0.4) is 0 Å². The number of hydrogen-bond donors (Lipinski definition) is 1. The summed E-state index contributed by atoms with van der Waals surface area (Å²) in [5, 5.41) is 3.18. The van der Waals surface area contributed by atoms with Gasteiger partial charge in [-0.2, -0.15) is 0 Å². The highest BCUT2D eigenvalue weighted by molar-refractivity contribution is 5.80. The predicted octanol–water partition coefficient (Wildman–Crippen LogP) is 2.84. The highest BCUT2D eigenvalue weighted by atomic mass is 19.1. The van der Waals surface area contributed by atoms with Gasteiger partial charge in [-0.15, -0.1) is 0 Å². The van der Waals surface area contributed by atoms with Crippen LogP contribution in [0.15, 0.2) is 30.3 Å². The van der Waals surface area contributed by atoms with Gasteiger partial charge < -0.3 is 10.1 Å². The van der Waals surface area contributed by atoms with Gasteiger partial charge in [0.25, 0.3) is 0 Å². The number of rotatable bonds is 6. The van der Waals surface area contributed by atoms with Gasteiger partial charge in [0.1, 0.15) is 5.82 Å². The van der Waals surface area contributed by atoms with Crippen molar-refractivity contribution >= 4 is 12.0 Å². The minimum atomic E-state index is -0.202. The van der Waals surface area contributed by atoms with Gasteiger partial charge in [-0.05, 0) is 43.4 Å². The number of fused-ring (bicyclic) bond motifs is 1. The largest absolute Gasteiger partial charge is 0.370 e. The molecule has 4 nitrogen and oxygen atoms in total.